The number of nitro groups is 1. The molecule has 0 aromatic heterocycles. The van der Waals surface area contributed by atoms with Crippen molar-refractivity contribution < 1.29 is 27.7 Å². The number of piperidine rings is 1. The number of ether oxygens (including phenoxy) is 1. The van der Waals surface area contributed by atoms with Gasteiger partial charge in [0.05, 0.1) is 15.4 Å². The summed E-state index contributed by atoms with van der Waals surface area (Å²) in [6.07, 6.45) is 0.959. The average Bonchev–Trinajstić information content (AvgIpc) is 2.76. The standard InChI is InChI=1S/C22H24N2O7S/c1-15-10-16(2)13-23(12-15)32(29,30)20-5-3-4-18(11-20)22(26)31-14-21(25)17-6-8-19(9-7-17)24(27)28/h3-9,11,15-16H,10,12-14H2,1-2H3. The molecule has 0 amide bonds. The first-order valence-electron chi connectivity index (χ1n) is 10.1. The minimum absolute atomic E-state index is 0.00468. The summed E-state index contributed by atoms with van der Waals surface area (Å²) in [5, 5.41) is 10.7. The van der Waals surface area contributed by atoms with E-state index >= 15 is 0 Å². The number of ketones is 1. The second kappa shape index (κ2) is 9.58. The molecule has 2 unspecified atom stereocenters. The third-order valence-electron chi connectivity index (χ3n) is 5.28. The maximum Gasteiger partial charge on any atom is 0.338 e. The highest BCUT2D eigenvalue weighted by atomic mass is 32.2. The number of nitrogens with zero attached hydrogens (tertiary/aromatic N) is 2. The highest BCUT2D eigenvalue weighted by Crippen LogP contribution is 2.27. The molecule has 2 aromatic carbocycles. The summed E-state index contributed by atoms with van der Waals surface area (Å²) in [7, 11) is -3.77. The van der Waals surface area contributed by atoms with Crippen molar-refractivity contribution >= 4 is 27.5 Å². The summed E-state index contributed by atoms with van der Waals surface area (Å²) >= 11 is 0. The van der Waals surface area contributed by atoms with E-state index in [1.165, 1.54) is 52.8 Å². The van der Waals surface area contributed by atoms with Crippen LogP contribution in [0.25, 0.3) is 0 Å². The van der Waals surface area contributed by atoms with E-state index in [2.05, 4.69) is 0 Å². The lowest BCUT2D eigenvalue weighted by Gasteiger charge is -2.34. The van der Waals surface area contributed by atoms with Crippen molar-refractivity contribution in [1.29, 1.82) is 0 Å². The predicted octanol–water partition coefficient (Wildman–Crippen LogP) is 3.30. The third kappa shape index (κ3) is 5.38. The molecule has 1 aliphatic heterocycles. The maximum atomic E-state index is 13.1. The van der Waals surface area contributed by atoms with E-state index in [0.717, 1.165) is 6.42 Å². The van der Waals surface area contributed by atoms with Crippen LogP contribution in [0.3, 0.4) is 0 Å². The summed E-state index contributed by atoms with van der Waals surface area (Å²) in [6, 6.07) is 10.5. The van der Waals surface area contributed by atoms with Gasteiger partial charge in [0.15, 0.2) is 12.4 Å². The van der Waals surface area contributed by atoms with Gasteiger partial charge in [0.2, 0.25) is 10.0 Å². The van der Waals surface area contributed by atoms with Gasteiger partial charge in [-0.25, -0.2) is 13.2 Å². The molecule has 1 aliphatic rings. The highest BCUT2D eigenvalue weighted by Gasteiger charge is 2.32. The van der Waals surface area contributed by atoms with Crippen LogP contribution in [0.1, 0.15) is 41.0 Å². The molecule has 3 rings (SSSR count). The van der Waals surface area contributed by atoms with E-state index in [9.17, 15) is 28.1 Å². The SMILES string of the molecule is CC1CC(C)CN(S(=O)(=O)c2cccc(C(=O)OCC(=O)c3ccc([N+](=O)[O-])cc3)c2)C1. The lowest BCUT2D eigenvalue weighted by Crippen LogP contribution is -2.42. The van der Waals surface area contributed by atoms with Gasteiger partial charge in [0.25, 0.3) is 5.69 Å². The Labute approximate surface area is 186 Å². The Bertz CT molecular complexity index is 1120. The van der Waals surface area contributed by atoms with E-state index in [1.54, 1.807) is 0 Å². The largest absolute Gasteiger partial charge is 0.454 e. The minimum atomic E-state index is -3.77. The number of Topliss-reactive ketones (excluding diaryl/α,β-unsaturated/α-hetero) is 1. The maximum absolute atomic E-state index is 13.1. The van der Waals surface area contributed by atoms with Gasteiger partial charge in [-0.3, -0.25) is 14.9 Å². The van der Waals surface area contributed by atoms with Crippen LogP contribution in [0, 0.1) is 22.0 Å². The van der Waals surface area contributed by atoms with Crippen LogP contribution in [0.4, 0.5) is 5.69 Å². The Balaban J connectivity index is 1.68. The van der Waals surface area contributed by atoms with Gasteiger partial charge in [0, 0.05) is 30.8 Å². The molecule has 0 radical (unpaired) electrons. The van der Waals surface area contributed by atoms with E-state index in [4.69, 9.17) is 4.74 Å². The molecule has 0 bridgehead atoms. The van der Waals surface area contributed by atoms with Crippen molar-refractivity contribution in [2.75, 3.05) is 19.7 Å². The number of non-ortho nitro benzene ring substituents is 1. The van der Waals surface area contributed by atoms with Crippen LogP contribution in [-0.4, -0.2) is 49.1 Å². The van der Waals surface area contributed by atoms with Crippen LogP contribution in [-0.2, 0) is 14.8 Å². The topological polar surface area (TPSA) is 124 Å². The number of benzene rings is 2. The summed E-state index contributed by atoms with van der Waals surface area (Å²) in [4.78, 5) is 34.7. The van der Waals surface area contributed by atoms with Gasteiger partial charge in [0.1, 0.15) is 0 Å². The molecular weight excluding hydrogens is 436 g/mol. The Kier molecular flexibility index (Phi) is 7.05. The van der Waals surface area contributed by atoms with Crippen LogP contribution in [0.15, 0.2) is 53.4 Å². The van der Waals surface area contributed by atoms with Crippen LogP contribution < -0.4 is 0 Å². The van der Waals surface area contributed by atoms with Gasteiger partial charge < -0.3 is 4.74 Å². The second-order valence-corrected chi connectivity index (χ2v) is 10.0. The Morgan fingerprint density at radius 3 is 2.28 bits per heavy atom. The normalized spacial score (nSPS) is 19.3. The van der Waals surface area contributed by atoms with Crippen molar-refractivity contribution in [3.05, 3.63) is 69.8 Å². The second-order valence-electron chi connectivity index (χ2n) is 8.10. The van der Waals surface area contributed by atoms with E-state index in [-0.39, 0.29) is 33.5 Å². The van der Waals surface area contributed by atoms with Gasteiger partial charge in [-0.05, 0) is 48.6 Å². The zero-order valence-corrected chi connectivity index (χ0v) is 18.6. The number of rotatable bonds is 7. The molecule has 1 heterocycles. The molecule has 2 aromatic rings. The number of nitro benzene ring substituents is 1. The highest BCUT2D eigenvalue weighted by molar-refractivity contribution is 7.89. The van der Waals surface area contributed by atoms with Crippen LogP contribution >= 0.6 is 0 Å². The number of hydrogen-bond acceptors (Lipinski definition) is 7. The fraction of sp³-hybridized carbons (Fsp3) is 0.364. The van der Waals surface area contributed by atoms with Gasteiger partial charge >= 0.3 is 5.97 Å². The first-order chi connectivity index (χ1) is 15.1. The number of hydrogen-bond donors (Lipinski definition) is 0. The molecule has 2 atom stereocenters. The number of esters is 1. The zero-order valence-electron chi connectivity index (χ0n) is 17.8. The summed E-state index contributed by atoms with van der Waals surface area (Å²) in [5.41, 5.74) is 0.0165. The molecule has 1 saturated heterocycles. The molecule has 0 aliphatic carbocycles. The molecule has 1 fully saturated rings. The number of carbonyl (C=O) groups excluding carboxylic acids is 2. The summed E-state index contributed by atoms with van der Waals surface area (Å²) in [5.74, 6) is -0.884. The number of sulfonamides is 1. The Morgan fingerprint density at radius 2 is 1.69 bits per heavy atom. The lowest BCUT2D eigenvalue weighted by molar-refractivity contribution is -0.384. The van der Waals surface area contributed by atoms with Crippen molar-refractivity contribution in [3.8, 4) is 0 Å². The molecule has 170 valence electrons. The van der Waals surface area contributed by atoms with E-state index < -0.39 is 33.3 Å². The van der Waals surface area contributed by atoms with Crippen LogP contribution in [0.5, 0.6) is 0 Å². The average molecular weight is 461 g/mol. The summed E-state index contributed by atoms with van der Waals surface area (Å²) in [6.45, 7) is 4.28. The van der Waals surface area contributed by atoms with Crippen LogP contribution in [0.2, 0.25) is 0 Å². The summed E-state index contributed by atoms with van der Waals surface area (Å²) < 4.78 is 32.6. The van der Waals surface area contributed by atoms with E-state index in [0.29, 0.717) is 13.1 Å². The molecule has 10 heteroatoms. The smallest absolute Gasteiger partial charge is 0.338 e. The molecule has 0 N–H and O–H groups in total. The van der Waals surface area contributed by atoms with Crippen molar-refractivity contribution in [2.24, 2.45) is 11.8 Å². The predicted molar refractivity (Wildman–Crippen MR) is 116 cm³/mol. The minimum Gasteiger partial charge on any atom is -0.454 e. The molecule has 0 saturated carbocycles. The number of carbonyl (C=O) groups is 2. The Hall–Kier alpha value is -3.11. The zero-order chi connectivity index (χ0) is 23.5. The molecule has 0 spiro atoms. The van der Waals surface area contributed by atoms with Gasteiger partial charge in [-0.1, -0.05) is 19.9 Å². The molecular formula is C22H24N2O7S. The quantitative estimate of drug-likeness (QED) is 0.269. The molecule has 9 nitrogen and oxygen atoms in total. The first-order valence-corrected chi connectivity index (χ1v) is 11.6. The van der Waals surface area contributed by atoms with Crippen molar-refractivity contribution in [3.63, 3.8) is 0 Å². The fourth-order valence-corrected chi connectivity index (χ4v) is 5.53. The van der Waals surface area contributed by atoms with Gasteiger partial charge in [-0.2, -0.15) is 4.31 Å². The monoisotopic (exact) mass is 460 g/mol. The molecule has 32 heavy (non-hydrogen) atoms. The van der Waals surface area contributed by atoms with Gasteiger partial charge in [-0.15, -0.1) is 0 Å². The Morgan fingerprint density at radius 1 is 1.06 bits per heavy atom. The lowest BCUT2D eigenvalue weighted by atomic mass is 9.94. The van der Waals surface area contributed by atoms with Crippen molar-refractivity contribution in [2.45, 2.75) is 25.2 Å². The first kappa shape index (κ1) is 23.6. The fourth-order valence-electron chi connectivity index (χ4n) is 3.80. The van der Waals surface area contributed by atoms with Crippen molar-refractivity contribution in [1.82, 2.24) is 4.31 Å². The van der Waals surface area contributed by atoms with E-state index in [1.807, 2.05) is 13.8 Å². The third-order valence-corrected chi connectivity index (χ3v) is 7.10.